The molecule has 13 rings (SSSR count). The molecule has 4 aliphatic heterocycles. The van der Waals surface area contributed by atoms with Crippen LogP contribution in [0.3, 0.4) is 0 Å². The maximum Gasteiger partial charge on any atom is 0.240 e. The van der Waals surface area contributed by atoms with Gasteiger partial charge in [-0.15, -0.1) is 0 Å². The third-order valence-corrected chi connectivity index (χ3v) is 22.2. The summed E-state index contributed by atoms with van der Waals surface area (Å²) < 4.78 is 26.8. The highest BCUT2D eigenvalue weighted by Gasteiger charge is 2.79. The van der Waals surface area contributed by atoms with E-state index in [4.69, 9.17) is 28.9 Å². The molecule has 2 spiro atoms. The molecule has 66 heavy (non-hydrogen) atoms. The zero-order valence-corrected chi connectivity index (χ0v) is 40.4. The largest absolute Gasteiger partial charge is 0.459 e. The summed E-state index contributed by atoms with van der Waals surface area (Å²) >= 11 is 0. The Kier molecular flexibility index (Phi) is 8.61. The summed E-state index contributed by atoms with van der Waals surface area (Å²) in [6.07, 6.45) is 6.56. The monoisotopic (exact) mass is 909 g/mol. The smallest absolute Gasteiger partial charge is 0.240 e. The molecule has 20 atom stereocenters. The van der Waals surface area contributed by atoms with E-state index in [2.05, 4.69) is 32.9 Å². The molecule has 9 unspecified atom stereocenters. The van der Waals surface area contributed by atoms with Gasteiger partial charge in [-0.25, -0.2) is 0 Å². The van der Waals surface area contributed by atoms with Gasteiger partial charge in [0.1, 0.15) is 29.7 Å². The number of nitrogens with zero attached hydrogens (tertiary/aromatic N) is 2. The minimum absolute atomic E-state index is 0.0369. The molecule has 12 heteroatoms. The molecule has 358 valence electrons. The van der Waals surface area contributed by atoms with Gasteiger partial charge in [0.15, 0.2) is 0 Å². The molecule has 2 saturated carbocycles. The van der Waals surface area contributed by atoms with Gasteiger partial charge in [0, 0.05) is 47.0 Å². The standard InChI is InChI=1S/C54H72N2O10/c1-24-31-16-39(58)44-30-13-11-28-15-36-37(20-49(28,7)32(30)17-40(45(31)44)63-53(24)46(61)25(2)47(4,5)65-53)55-35-14-27-10-12-29-33(50(27,8)21-38(35)56-36)18-41(59)51(9)34(29)19-43-52(51,62)26(3)54(64-43)42(60)22-48(6,23-57)66-54/h17,19,24-29,31,33,39,41-43,46,57-62H,10-16,18,20-23H2,1-9H3/t24-,25?,26?,27?,28?,29?,31+,33?,39?,41+,42+,43-,46?,48-,49-,50-,51+,52+,53?,54-/m1/s1. The van der Waals surface area contributed by atoms with E-state index in [1.807, 2.05) is 34.6 Å². The molecular weight excluding hydrogens is 837 g/mol. The number of rotatable bonds is 1. The van der Waals surface area contributed by atoms with Crippen LogP contribution in [0.5, 0.6) is 5.75 Å². The summed E-state index contributed by atoms with van der Waals surface area (Å²) in [5.41, 5.74) is 5.79. The van der Waals surface area contributed by atoms with E-state index in [-0.39, 0.29) is 53.4 Å². The van der Waals surface area contributed by atoms with Crippen LogP contribution in [-0.4, -0.2) is 100 Å². The Bertz CT molecular complexity index is 2510. The van der Waals surface area contributed by atoms with E-state index in [9.17, 15) is 30.6 Å². The predicted octanol–water partition coefficient (Wildman–Crippen LogP) is 5.60. The first-order valence-corrected chi connectivity index (χ1v) is 25.6. The highest BCUT2D eigenvalue weighted by molar-refractivity contribution is 5.60. The first-order chi connectivity index (χ1) is 31.0. The molecule has 11 aliphatic rings. The molecule has 3 saturated heterocycles. The first-order valence-electron chi connectivity index (χ1n) is 25.6. The van der Waals surface area contributed by atoms with Crippen LogP contribution in [0.15, 0.2) is 17.7 Å². The Morgan fingerprint density at radius 2 is 1.47 bits per heavy atom. The van der Waals surface area contributed by atoms with Crippen molar-refractivity contribution < 1.29 is 49.6 Å². The van der Waals surface area contributed by atoms with Crippen molar-refractivity contribution >= 4 is 0 Å². The molecule has 12 nitrogen and oxygen atoms in total. The number of fused-ring (bicyclic) bond motifs is 13. The summed E-state index contributed by atoms with van der Waals surface area (Å²) in [6, 6.07) is 2.27. The van der Waals surface area contributed by atoms with Crippen molar-refractivity contribution in [1.82, 2.24) is 9.97 Å². The predicted molar refractivity (Wildman–Crippen MR) is 241 cm³/mol. The summed E-state index contributed by atoms with van der Waals surface area (Å²) in [6.45, 7) is 18.5. The van der Waals surface area contributed by atoms with E-state index in [1.165, 1.54) is 11.1 Å². The molecule has 1 aromatic heterocycles. The van der Waals surface area contributed by atoms with Gasteiger partial charge in [-0.3, -0.25) is 9.97 Å². The Hall–Kier alpha value is -2.52. The average Bonchev–Trinajstić information content (AvgIpc) is 3.94. The number of ether oxygens (including phenoxy) is 4. The molecule has 5 heterocycles. The zero-order chi connectivity index (χ0) is 46.4. The minimum Gasteiger partial charge on any atom is -0.459 e. The molecule has 0 radical (unpaired) electrons. The SMILES string of the molecule is CC1C(O)C2(Oc3cc4c(c5c3[C@@H](CC5O)[C@H]2C)CCC2Cc3nc5c(nc3C[C@@]42C)CC2CCC3C4=C[C@H]6O[C@@]7(O[C@@](C)(CO)C[C@@H]7O)C(C)[C@@]6(O)[C@]4(C)[C@@H](O)CC3[C@]2(C)C5)OC1(C)C. The van der Waals surface area contributed by atoms with Crippen molar-refractivity contribution in [3.63, 3.8) is 0 Å². The van der Waals surface area contributed by atoms with E-state index >= 15 is 0 Å². The van der Waals surface area contributed by atoms with Gasteiger partial charge in [0.2, 0.25) is 11.6 Å². The van der Waals surface area contributed by atoms with Crippen LogP contribution in [0.4, 0.5) is 0 Å². The number of aromatic nitrogens is 2. The molecule has 0 bridgehead atoms. The maximum absolute atomic E-state index is 12.9. The minimum atomic E-state index is -1.50. The van der Waals surface area contributed by atoms with Gasteiger partial charge in [-0.2, -0.15) is 0 Å². The number of hydrogen-bond donors (Lipinski definition) is 6. The fourth-order valence-corrected chi connectivity index (χ4v) is 17.9. The Morgan fingerprint density at radius 1 is 0.758 bits per heavy atom. The van der Waals surface area contributed by atoms with Crippen molar-refractivity contribution in [2.45, 2.75) is 203 Å². The third kappa shape index (κ3) is 4.89. The Balaban J connectivity index is 0.811. The first kappa shape index (κ1) is 43.5. The second kappa shape index (κ2) is 13.1. The highest BCUT2D eigenvalue weighted by Crippen LogP contribution is 2.71. The summed E-state index contributed by atoms with van der Waals surface area (Å²) in [5, 5.41) is 70.7. The van der Waals surface area contributed by atoms with E-state index in [0.29, 0.717) is 24.7 Å². The van der Waals surface area contributed by atoms with Gasteiger partial charge in [-0.1, -0.05) is 53.2 Å². The lowest BCUT2D eigenvalue weighted by Gasteiger charge is -2.61. The fraction of sp³-hybridized carbons (Fsp3) is 0.778. The molecule has 5 fully saturated rings. The molecular formula is C54H72N2O10. The number of aliphatic hydroxyl groups excluding tert-OH is 5. The second-order valence-corrected chi connectivity index (χ2v) is 25.4. The molecule has 0 amide bonds. The second-order valence-electron chi connectivity index (χ2n) is 25.4. The highest BCUT2D eigenvalue weighted by atomic mass is 16.7. The zero-order valence-electron chi connectivity index (χ0n) is 40.4. The normalized spacial score (nSPS) is 52.9. The van der Waals surface area contributed by atoms with E-state index in [1.54, 1.807) is 6.92 Å². The van der Waals surface area contributed by atoms with Crippen molar-refractivity contribution in [2.75, 3.05) is 6.61 Å². The van der Waals surface area contributed by atoms with Crippen molar-refractivity contribution in [1.29, 1.82) is 0 Å². The quantitative estimate of drug-likeness (QED) is 0.195. The number of benzene rings is 1. The summed E-state index contributed by atoms with van der Waals surface area (Å²) in [4.78, 5) is 11.2. The lowest BCUT2D eigenvalue weighted by atomic mass is 9.44. The van der Waals surface area contributed by atoms with Crippen molar-refractivity contribution in [3.8, 4) is 5.75 Å². The van der Waals surface area contributed by atoms with Crippen LogP contribution in [0.1, 0.15) is 158 Å². The third-order valence-electron chi connectivity index (χ3n) is 22.2. The van der Waals surface area contributed by atoms with Gasteiger partial charge < -0.3 is 49.6 Å². The van der Waals surface area contributed by atoms with Gasteiger partial charge in [-0.05, 0) is 136 Å². The fourth-order valence-electron chi connectivity index (χ4n) is 17.9. The molecule has 6 N–H and O–H groups in total. The molecule has 7 aliphatic carbocycles. The van der Waals surface area contributed by atoms with Crippen LogP contribution in [0, 0.1) is 52.3 Å². The van der Waals surface area contributed by atoms with Crippen molar-refractivity contribution in [3.05, 3.63) is 62.7 Å². The van der Waals surface area contributed by atoms with Crippen LogP contribution in [0.25, 0.3) is 0 Å². The Morgan fingerprint density at radius 3 is 2.15 bits per heavy atom. The van der Waals surface area contributed by atoms with Crippen LogP contribution < -0.4 is 4.74 Å². The summed E-state index contributed by atoms with van der Waals surface area (Å²) in [5.74, 6) is -1.71. The average molecular weight is 909 g/mol. The lowest BCUT2D eigenvalue weighted by Crippen LogP contribution is -2.64. The maximum atomic E-state index is 12.9. The van der Waals surface area contributed by atoms with Gasteiger partial charge in [0.25, 0.3) is 0 Å². The van der Waals surface area contributed by atoms with Gasteiger partial charge in [0.05, 0.1) is 52.8 Å². The Labute approximate surface area is 388 Å². The van der Waals surface area contributed by atoms with Gasteiger partial charge >= 0.3 is 0 Å². The van der Waals surface area contributed by atoms with E-state index < -0.39 is 70.2 Å². The number of aliphatic hydroxyl groups is 6. The summed E-state index contributed by atoms with van der Waals surface area (Å²) in [7, 11) is 0. The van der Waals surface area contributed by atoms with Crippen molar-refractivity contribution in [2.24, 2.45) is 52.3 Å². The topological polar surface area (TPSA) is 184 Å². The van der Waals surface area contributed by atoms with Crippen LogP contribution in [-0.2, 0) is 51.7 Å². The molecule has 2 aromatic rings. The lowest BCUT2D eigenvalue weighted by molar-refractivity contribution is -0.280. The number of hydrogen-bond acceptors (Lipinski definition) is 12. The molecule has 1 aromatic carbocycles. The van der Waals surface area contributed by atoms with Crippen LogP contribution in [0.2, 0.25) is 0 Å². The van der Waals surface area contributed by atoms with E-state index in [0.717, 1.165) is 96.6 Å². The van der Waals surface area contributed by atoms with Crippen LogP contribution >= 0.6 is 0 Å².